The molecule has 0 aromatic rings. The second-order valence-electron chi connectivity index (χ2n) is 6.84. The van der Waals surface area contributed by atoms with E-state index in [-0.39, 0.29) is 5.54 Å². The Balaban J connectivity index is 1.75. The van der Waals surface area contributed by atoms with Gasteiger partial charge in [0.1, 0.15) is 0 Å². The van der Waals surface area contributed by atoms with Crippen molar-refractivity contribution in [3.63, 3.8) is 0 Å². The lowest BCUT2D eigenvalue weighted by molar-refractivity contribution is -0.0406. The number of nitrogens with two attached hydrogens (primary N) is 1. The summed E-state index contributed by atoms with van der Waals surface area (Å²) in [6, 6.07) is 2.18. The lowest BCUT2D eigenvalue weighted by Crippen LogP contribution is -2.63. The van der Waals surface area contributed by atoms with Crippen molar-refractivity contribution >= 4 is 0 Å². The number of piperidine rings is 1. The highest BCUT2D eigenvalue weighted by atomic mass is 16.5. The molecule has 2 unspecified atom stereocenters. The fourth-order valence-electron chi connectivity index (χ4n) is 4.60. The maximum Gasteiger partial charge on any atom is 0.0480 e. The van der Waals surface area contributed by atoms with E-state index in [0.29, 0.717) is 6.04 Å². The van der Waals surface area contributed by atoms with E-state index in [1.54, 1.807) is 0 Å². The Morgan fingerprint density at radius 3 is 2.26 bits per heavy atom. The van der Waals surface area contributed by atoms with Gasteiger partial charge in [-0.25, -0.2) is 0 Å². The van der Waals surface area contributed by atoms with E-state index in [1.807, 2.05) is 0 Å². The number of fused-ring (bicyclic) bond motifs is 2. The molecule has 0 aromatic carbocycles. The van der Waals surface area contributed by atoms with Crippen molar-refractivity contribution in [3.8, 4) is 0 Å². The van der Waals surface area contributed by atoms with Gasteiger partial charge in [-0.1, -0.05) is 0 Å². The van der Waals surface area contributed by atoms with E-state index in [9.17, 15) is 0 Å². The van der Waals surface area contributed by atoms with Crippen molar-refractivity contribution < 1.29 is 4.74 Å². The summed E-state index contributed by atoms with van der Waals surface area (Å²) in [4.78, 5) is 5.24. The van der Waals surface area contributed by atoms with Crippen LogP contribution in [0.2, 0.25) is 0 Å². The van der Waals surface area contributed by atoms with E-state index in [2.05, 4.69) is 23.9 Å². The SMILES string of the molecule is CN1C2CCC1CC(CN)(N(C)C1CCOCC1)C2. The summed E-state index contributed by atoms with van der Waals surface area (Å²) in [5.74, 6) is 0. The van der Waals surface area contributed by atoms with E-state index in [0.717, 1.165) is 31.8 Å². The Kier molecular flexibility index (Phi) is 3.87. The molecule has 0 aliphatic carbocycles. The summed E-state index contributed by atoms with van der Waals surface area (Å²) in [6.07, 6.45) is 7.58. The molecular weight excluding hydrogens is 238 g/mol. The average molecular weight is 267 g/mol. The lowest BCUT2D eigenvalue weighted by atomic mass is 9.80. The van der Waals surface area contributed by atoms with Gasteiger partial charge < -0.3 is 15.4 Å². The van der Waals surface area contributed by atoms with Gasteiger partial charge in [-0.15, -0.1) is 0 Å². The molecule has 4 heteroatoms. The normalized spacial score (nSPS) is 41.1. The number of ether oxygens (including phenoxy) is 1. The Morgan fingerprint density at radius 2 is 1.74 bits per heavy atom. The molecular formula is C15H29N3O. The van der Waals surface area contributed by atoms with E-state index >= 15 is 0 Å². The number of hydrogen-bond donors (Lipinski definition) is 1. The topological polar surface area (TPSA) is 41.7 Å². The molecule has 2 bridgehead atoms. The van der Waals surface area contributed by atoms with Crippen LogP contribution in [0.5, 0.6) is 0 Å². The summed E-state index contributed by atoms with van der Waals surface area (Å²) in [5, 5.41) is 0. The first-order valence-electron chi connectivity index (χ1n) is 7.89. The fourth-order valence-corrected chi connectivity index (χ4v) is 4.60. The predicted octanol–water partition coefficient (Wildman–Crippen LogP) is 1.05. The minimum Gasteiger partial charge on any atom is -0.381 e. The van der Waals surface area contributed by atoms with Gasteiger partial charge in [0.15, 0.2) is 0 Å². The highest BCUT2D eigenvalue weighted by Gasteiger charge is 2.49. The van der Waals surface area contributed by atoms with Crippen molar-refractivity contribution in [2.75, 3.05) is 33.9 Å². The number of rotatable bonds is 3. The average Bonchev–Trinajstić information content (AvgIpc) is 2.69. The summed E-state index contributed by atoms with van der Waals surface area (Å²) in [6.45, 7) is 2.65. The van der Waals surface area contributed by atoms with Crippen LogP contribution in [0.4, 0.5) is 0 Å². The summed E-state index contributed by atoms with van der Waals surface area (Å²) >= 11 is 0. The first-order valence-corrected chi connectivity index (χ1v) is 7.89. The van der Waals surface area contributed by atoms with Crippen molar-refractivity contribution in [1.29, 1.82) is 0 Å². The van der Waals surface area contributed by atoms with Crippen LogP contribution in [0.1, 0.15) is 38.5 Å². The first-order chi connectivity index (χ1) is 9.16. The fraction of sp³-hybridized carbons (Fsp3) is 1.00. The van der Waals surface area contributed by atoms with E-state index < -0.39 is 0 Å². The second kappa shape index (κ2) is 5.32. The van der Waals surface area contributed by atoms with E-state index in [4.69, 9.17) is 10.5 Å². The molecule has 3 fully saturated rings. The highest BCUT2D eigenvalue weighted by molar-refractivity contribution is 5.07. The molecule has 0 aromatic heterocycles. The molecule has 2 atom stereocenters. The molecule has 0 saturated carbocycles. The third-order valence-electron chi connectivity index (χ3n) is 6.08. The van der Waals surface area contributed by atoms with Gasteiger partial charge >= 0.3 is 0 Å². The molecule has 4 nitrogen and oxygen atoms in total. The third-order valence-corrected chi connectivity index (χ3v) is 6.08. The Labute approximate surface area is 117 Å². The zero-order valence-corrected chi connectivity index (χ0v) is 12.5. The third kappa shape index (κ3) is 2.33. The number of hydrogen-bond acceptors (Lipinski definition) is 4. The molecule has 2 N–H and O–H groups in total. The van der Waals surface area contributed by atoms with Crippen LogP contribution >= 0.6 is 0 Å². The van der Waals surface area contributed by atoms with Gasteiger partial charge in [0.05, 0.1) is 0 Å². The zero-order chi connectivity index (χ0) is 13.5. The van der Waals surface area contributed by atoms with E-state index in [1.165, 1.54) is 38.5 Å². The van der Waals surface area contributed by atoms with Gasteiger partial charge in [0, 0.05) is 43.4 Å². The smallest absolute Gasteiger partial charge is 0.0480 e. The number of likely N-dealkylation sites (N-methyl/N-ethyl adjacent to an activating group) is 1. The summed E-state index contributed by atoms with van der Waals surface area (Å²) in [7, 11) is 4.62. The van der Waals surface area contributed by atoms with Gasteiger partial charge in [0.2, 0.25) is 0 Å². The van der Waals surface area contributed by atoms with Crippen LogP contribution in [-0.4, -0.2) is 67.3 Å². The van der Waals surface area contributed by atoms with Crippen LogP contribution < -0.4 is 5.73 Å². The molecule has 3 heterocycles. The van der Waals surface area contributed by atoms with Crippen LogP contribution in [0.15, 0.2) is 0 Å². The molecule has 0 amide bonds. The maximum absolute atomic E-state index is 6.25. The molecule has 3 saturated heterocycles. The highest BCUT2D eigenvalue weighted by Crippen LogP contribution is 2.43. The van der Waals surface area contributed by atoms with Crippen LogP contribution in [0.3, 0.4) is 0 Å². The monoisotopic (exact) mass is 267 g/mol. The van der Waals surface area contributed by atoms with Crippen molar-refractivity contribution in [3.05, 3.63) is 0 Å². The van der Waals surface area contributed by atoms with Crippen molar-refractivity contribution in [2.45, 2.75) is 62.2 Å². The second-order valence-corrected chi connectivity index (χ2v) is 6.84. The molecule has 3 aliphatic heterocycles. The van der Waals surface area contributed by atoms with Gasteiger partial charge in [-0.05, 0) is 52.6 Å². The van der Waals surface area contributed by atoms with Gasteiger partial charge in [-0.2, -0.15) is 0 Å². The standard InChI is InChI=1S/C15H29N3O/c1-17-13-3-4-14(17)10-15(9-13,11-16)18(2)12-5-7-19-8-6-12/h12-14H,3-11,16H2,1-2H3. The molecule has 3 rings (SSSR count). The van der Waals surface area contributed by atoms with Crippen LogP contribution in [0, 0.1) is 0 Å². The quantitative estimate of drug-likeness (QED) is 0.830. The Morgan fingerprint density at radius 1 is 1.16 bits per heavy atom. The summed E-state index contributed by atoms with van der Waals surface area (Å²) < 4.78 is 5.51. The van der Waals surface area contributed by atoms with Crippen LogP contribution in [-0.2, 0) is 4.74 Å². The molecule has 0 radical (unpaired) electrons. The van der Waals surface area contributed by atoms with Crippen molar-refractivity contribution in [2.24, 2.45) is 5.73 Å². The van der Waals surface area contributed by atoms with Crippen LogP contribution in [0.25, 0.3) is 0 Å². The Bertz CT molecular complexity index is 303. The zero-order valence-electron chi connectivity index (χ0n) is 12.5. The van der Waals surface area contributed by atoms with Gasteiger partial charge in [-0.3, -0.25) is 4.90 Å². The predicted molar refractivity (Wildman–Crippen MR) is 77.2 cm³/mol. The largest absolute Gasteiger partial charge is 0.381 e. The molecule has 110 valence electrons. The first kappa shape index (κ1) is 13.8. The summed E-state index contributed by atoms with van der Waals surface area (Å²) in [5.41, 5.74) is 6.49. The molecule has 0 spiro atoms. The molecule has 3 aliphatic rings. The minimum absolute atomic E-state index is 0.236. The Hall–Kier alpha value is -0.160. The lowest BCUT2D eigenvalue weighted by Gasteiger charge is -2.52. The van der Waals surface area contributed by atoms with Crippen molar-refractivity contribution in [1.82, 2.24) is 9.80 Å². The molecule has 19 heavy (non-hydrogen) atoms. The number of nitrogens with zero attached hydrogens (tertiary/aromatic N) is 2. The maximum atomic E-state index is 6.25. The minimum atomic E-state index is 0.236. The van der Waals surface area contributed by atoms with Gasteiger partial charge in [0.25, 0.3) is 0 Å².